The third-order valence-corrected chi connectivity index (χ3v) is 2.55. The lowest BCUT2D eigenvalue weighted by molar-refractivity contribution is 0.122. The standard InChI is InChI=1S/C10H11BrN2O2/c1-7(14)6-15-10-5-13-8(2-3-12-13)4-9(10)11/h2-5,7,14H,6H2,1H3. The SMILES string of the molecule is CC(O)COc1cn2nccc2cc1Br. The molecule has 2 aromatic rings. The maximum atomic E-state index is 9.12. The topological polar surface area (TPSA) is 46.8 Å². The molecule has 0 spiro atoms. The van der Waals surface area contributed by atoms with E-state index >= 15 is 0 Å². The first-order valence-electron chi connectivity index (χ1n) is 4.60. The number of pyridine rings is 1. The van der Waals surface area contributed by atoms with Gasteiger partial charge in [0.25, 0.3) is 0 Å². The molecule has 0 amide bonds. The van der Waals surface area contributed by atoms with Crippen LogP contribution < -0.4 is 4.74 Å². The molecule has 0 radical (unpaired) electrons. The van der Waals surface area contributed by atoms with Crippen molar-refractivity contribution in [2.45, 2.75) is 13.0 Å². The van der Waals surface area contributed by atoms with Crippen LogP contribution in [0.3, 0.4) is 0 Å². The molecule has 2 heterocycles. The van der Waals surface area contributed by atoms with E-state index in [4.69, 9.17) is 9.84 Å². The maximum Gasteiger partial charge on any atom is 0.151 e. The first-order chi connectivity index (χ1) is 7.16. The van der Waals surface area contributed by atoms with Crippen molar-refractivity contribution in [3.05, 3.63) is 29.0 Å². The number of hydrogen-bond donors (Lipinski definition) is 1. The van der Waals surface area contributed by atoms with Gasteiger partial charge in [-0.1, -0.05) is 0 Å². The van der Waals surface area contributed by atoms with Crippen molar-refractivity contribution in [1.82, 2.24) is 9.61 Å². The number of aliphatic hydroxyl groups excluding tert-OH is 1. The van der Waals surface area contributed by atoms with Gasteiger partial charge in [0, 0.05) is 6.20 Å². The Morgan fingerprint density at radius 2 is 2.47 bits per heavy atom. The molecule has 1 N–H and O–H groups in total. The van der Waals surface area contributed by atoms with E-state index < -0.39 is 6.10 Å². The molecule has 0 saturated carbocycles. The Hall–Kier alpha value is -1.07. The molecule has 1 atom stereocenters. The zero-order valence-electron chi connectivity index (χ0n) is 8.22. The smallest absolute Gasteiger partial charge is 0.151 e. The van der Waals surface area contributed by atoms with Crippen LogP contribution in [0.4, 0.5) is 0 Å². The molecule has 0 fully saturated rings. The van der Waals surface area contributed by atoms with Gasteiger partial charge in [0.15, 0.2) is 5.75 Å². The van der Waals surface area contributed by atoms with E-state index in [9.17, 15) is 0 Å². The van der Waals surface area contributed by atoms with Crippen LogP contribution in [0, 0.1) is 0 Å². The van der Waals surface area contributed by atoms with Crippen LogP contribution in [0.25, 0.3) is 5.52 Å². The van der Waals surface area contributed by atoms with Gasteiger partial charge < -0.3 is 9.84 Å². The third kappa shape index (κ3) is 2.30. The summed E-state index contributed by atoms with van der Waals surface area (Å²) in [5.74, 6) is 0.673. The third-order valence-electron chi connectivity index (χ3n) is 1.93. The van der Waals surface area contributed by atoms with E-state index in [0.717, 1.165) is 9.99 Å². The molecular weight excluding hydrogens is 260 g/mol. The molecule has 15 heavy (non-hydrogen) atoms. The molecule has 0 saturated heterocycles. The molecule has 0 aliphatic rings. The number of fused-ring (bicyclic) bond motifs is 1. The van der Waals surface area contributed by atoms with Crippen molar-refractivity contribution in [3.63, 3.8) is 0 Å². The Kier molecular flexibility index (Phi) is 2.93. The molecule has 80 valence electrons. The van der Waals surface area contributed by atoms with Gasteiger partial charge in [-0.15, -0.1) is 0 Å². The van der Waals surface area contributed by atoms with E-state index in [2.05, 4.69) is 21.0 Å². The van der Waals surface area contributed by atoms with Crippen LogP contribution in [-0.4, -0.2) is 27.4 Å². The lowest BCUT2D eigenvalue weighted by atomic mass is 10.4. The van der Waals surface area contributed by atoms with Crippen molar-refractivity contribution in [1.29, 1.82) is 0 Å². The summed E-state index contributed by atoms with van der Waals surface area (Å²) in [6.07, 6.45) is 3.02. The molecule has 4 nitrogen and oxygen atoms in total. The summed E-state index contributed by atoms with van der Waals surface area (Å²) in [5.41, 5.74) is 0.992. The van der Waals surface area contributed by atoms with Crippen LogP contribution in [0.1, 0.15) is 6.92 Å². The summed E-state index contributed by atoms with van der Waals surface area (Å²) in [6, 6.07) is 3.83. The van der Waals surface area contributed by atoms with Crippen LogP contribution in [0.2, 0.25) is 0 Å². The van der Waals surface area contributed by atoms with E-state index in [0.29, 0.717) is 5.75 Å². The summed E-state index contributed by atoms with van der Waals surface area (Å²) >= 11 is 3.40. The molecule has 1 unspecified atom stereocenters. The molecule has 2 rings (SSSR count). The highest BCUT2D eigenvalue weighted by molar-refractivity contribution is 9.10. The van der Waals surface area contributed by atoms with Gasteiger partial charge in [-0.25, -0.2) is 4.52 Å². The van der Waals surface area contributed by atoms with E-state index in [-0.39, 0.29) is 6.61 Å². The van der Waals surface area contributed by atoms with Crippen molar-refractivity contribution < 1.29 is 9.84 Å². The molecular formula is C10H11BrN2O2. The number of ether oxygens (including phenoxy) is 1. The number of nitrogens with zero attached hydrogens (tertiary/aromatic N) is 2. The molecule has 0 bridgehead atoms. The first-order valence-corrected chi connectivity index (χ1v) is 5.40. The Balaban J connectivity index is 2.29. The minimum absolute atomic E-state index is 0.269. The van der Waals surface area contributed by atoms with Gasteiger partial charge in [-0.3, -0.25) is 0 Å². The second kappa shape index (κ2) is 4.20. The average molecular weight is 271 g/mol. The van der Waals surface area contributed by atoms with Gasteiger partial charge >= 0.3 is 0 Å². The van der Waals surface area contributed by atoms with Crippen LogP contribution in [0.5, 0.6) is 5.75 Å². The normalized spacial score (nSPS) is 13.0. The Morgan fingerprint density at radius 1 is 1.67 bits per heavy atom. The number of aromatic nitrogens is 2. The summed E-state index contributed by atoms with van der Waals surface area (Å²) in [5, 5.41) is 13.2. The highest BCUT2D eigenvalue weighted by Crippen LogP contribution is 2.26. The Morgan fingerprint density at radius 3 is 3.20 bits per heavy atom. The number of aliphatic hydroxyl groups is 1. The molecule has 0 aliphatic carbocycles. The van der Waals surface area contributed by atoms with Gasteiger partial charge in [-0.2, -0.15) is 5.10 Å². The van der Waals surface area contributed by atoms with Crippen molar-refractivity contribution in [3.8, 4) is 5.75 Å². The lowest BCUT2D eigenvalue weighted by Crippen LogP contribution is -2.13. The second-order valence-electron chi connectivity index (χ2n) is 3.35. The molecule has 5 heteroatoms. The summed E-state index contributed by atoms with van der Waals surface area (Å²) in [4.78, 5) is 0. The van der Waals surface area contributed by atoms with Crippen LogP contribution >= 0.6 is 15.9 Å². The van der Waals surface area contributed by atoms with Crippen molar-refractivity contribution >= 4 is 21.4 Å². The summed E-state index contributed by atoms with van der Waals surface area (Å²) in [7, 11) is 0. The van der Waals surface area contributed by atoms with Gasteiger partial charge in [-0.05, 0) is 35.0 Å². The van der Waals surface area contributed by atoms with Gasteiger partial charge in [0.1, 0.15) is 6.61 Å². The highest BCUT2D eigenvalue weighted by Gasteiger charge is 2.05. The average Bonchev–Trinajstić information content (AvgIpc) is 2.60. The predicted molar refractivity (Wildman–Crippen MR) is 60.1 cm³/mol. The van der Waals surface area contributed by atoms with Gasteiger partial charge in [0.2, 0.25) is 0 Å². The van der Waals surface area contributed by atoms with Crippen LogP contribution in [-0.2, 0) is 0 Å². The fourth-order valence-electron chi connectivity index (χ4n) is 1.24. The van der Waals surface area contributed by atoms with Crippen LogP contribution in [0.15, 0.2) is 29.0 Å². The maximum absolute atomic E-state index is 9.12. The molecule has 0 aliphatic heterocycles. The summed E-state index contributed by atoms with van der Waals surface area (Å²) < 4.78 is 8.00. The fourth-order valence-corrected chi connectivity index (χ4v) is 1.69. The highest BCUT2D eigenvalue weighted by atomic mass is 79.9. The zero-order chi connectivity index (χ0) is 10.8. The van der Waals surface area contributed by atoms with Crippen molar-refractivity contribution in [2.24, 2.45) is 0 Å². The monoisotopic (exact) mass is 270 g/mol. The lowest BCUT2D eigenvalue weighted by Gasteiger charge is -2.09. The molecule has 2 aromatic heterocycles. The van der Waals surface area contributed by atoms with E-state index in [1.165, 1.54) is 0 Å². The largest absolute Gasteiger partial charge is 0.488 e. The number of hydrogen-bond acceptors (Lipinski definition) is 3. The number of rotatable bonds is 3. The fraction of sp³-hybridized carbons (Fsp3) is 0.300. The summed E-state index contributed by atoms with van der Waals surface area (Å²) in [6.45, 7) is 1.95. The van der Waals surface area contributed by atoms with Gasteiger partial charge in [0.05, 0.1) is 22.3 Å². The minimum Gasteiger partial charge on any atom is -0.488 e. The minimum atomic E-state index is -0.481. The van der Waals surface area contributed by atoms with Crippen molar-refractivity contribution in [2.75, 3.05) is 6.61 Å². The Bertz CT molecular complexity index is 467. The second-order valence-corrected chi connectivity index (χ2v) is 4.20. The quantitative estimate of drug-likeness (QED) is 0.926. The Labute approximate surface area is 95.6 Å². The number of halogens is 1. The van der Waals surface area contributed by atoms with E-state index in [1.54, 1.807) is 23.8 Å². The van der Waals surface area contributed by atoms with E-state index in [1.807, 2.05) is 12.1 Å². The zero-order valence-corrected chi connectivity index (χ0v) is 9.81. The predicted octanol–water partition coefficient (Wildman–Crippen LogP) is 1.86. The first kappa shape index (κ1) is 10.4. The molecule has 0 aromatic carbocycles.